The largest absolute Gasteiger partial charge is 0.481 e. The monoisotopic (exact) mass is 503 g/mol. The van der Waals surface area contributed by atoms with Crippen molar-refractivity contribution in [2.75, 3.05) is 21.3 Å². The second-order valence-electron chi connectivity index (χ2n) is 8.87. The van der Waals surface area contributed by atoms with Crippen LogP contribution in [0.3, 0.4) is 0 Å². The molecule has 1 aliphatic heterocycles. The van der Waals surface area contributed by atoms with Crippen LogP contribution in [0, 0.1) is 17.2 Å². The Morgan fingerprint density at radius 1 is 1.11 bits per heavy atom. The van der Waals surface area contributed by atoms with Crippen molar-refractivity contribution in [1.82, 2.24) is 10.5 Å². The van der Waals surface area contributed by atoms with E-state index in [0.29, 0.717) is 16.7 Å². The van der Waals surface area contributed by atoms with Crippen LogP contribution >= 0.6 is 0 Å². The van der Waals surface area contributed by atoms with Crippen molar-refractivity contribution in [3.8, 4) is 23.6 Å². The maximum Gasteiger partial charge on any atom is 0.250 e. The number of aliphatic hydroxyl groups excluding tert-OH is 1. The molecule has 1 saturated carbocycles. The number of hydrogen-bond acceptors (Lipinski definition) is 9. The van der Waals surface area contributed by atoms with Gasteiger partial charge < -0.3 is 24.4 Å². The molecule has 5 unspecified atom stereocenters. The number of amides is 1. The fourth-order valence-electron chi connectivity index (χ4n) is 5.78. The van der Waals surface area contributed by atoms with Gasteiger partial charge in [0.2, 0.25) is 17.7 Å². The van der Waals surface area contributed by atoms with E-state index in [-0.39, 0.29) is 23.1 Å². The number of rotatable bonds is 6. The zero-order valence-corrected chi connectivity index (χ0v) is 20.3. The summed E-state index contributed by atoms with van der Waals surface area (Å²) in [4.78, 5) is 22.6. The lowest BCUT2D eigenvalue weighted by Gasteiger charge is -2.40. The molecule has 3 N–H and O–H groups in total. The minimum atomic E-state index is -2.21. The molecule has 37 heavy (non-hydrogen) atoms. The van der Waals surface area contributed by atoms with Crippen molar-refractivity contribution >= 4 is 5.91 Å². The zero-order chi connectivity index (χ0) is 26.4. The van der Waals surface area contributed by atoms with Crippen LogP contribution in [-0.4, -0.2) is 48.5 Å². The Kier molecular flexibility index (Phi) is 6.00. The summed E-state index contributed by atoms with van der Waals surface area (Å²) in [5.41, 5.74) is -0.0965. The van der Waals surface area contributed by atoms with Crippen molar-refractivity contribution in [3.05, 3.63) is 82.9 Å². The summed E-state index contributed by atoms with van der Waals surface area (Å²) in [5.74, 6) is -2.45. The highest BCUT2D eigenvalue weighted by Crippen LogP contribution is 2.69. The number of pyridine rings is 1. The number of hydroxylamine groups is 1. The van der Waals surface area contributed by atoms with Gasteiger partial charge in [0.15, 0.2) is 11.2 Å². The molecule has 0 spiro atoms. The second kappa shape index (κ2) is 9.05. The minimum Gasteiger partial charge on any atom is -0.481 e. The van der Waals surface area contributed by atoms with Crippen molar-refractivity contribution in [2.45, 2.75) is 23.2 Å². The first-order valence-electron chi connectivity index (χ1n) is 11.5. The average molecular weight is 504 g/mol. The van der Waals surface area contributed by atoms with Crippen LogP contribution < -0.4 is 19.7 Å². The number of methoxy groups -OCH3 is 2. The third-order valence-corrected chi connectivity index (χ3v) is 7.22. The molecular weight excluding hydrogens is 478 g/mol. The first kappa shape index (κ1) is 24.5. The Morgan fingerprint density at radius 2 is 1.81 bits per heavy atom. The SMILES string of the molecule is CONC(=O)C1C(O)C2(O)c3c(cc(OC)nc3OC)OC2(c2ccc(C#N)cc2)C1c1ccccc1. The van der Waals surface area contributed by atoms with E-state index < -0.39 is 35.0 Å². The van der Waals surface area contributed by atoms with E-state index in [9.17, 15) is 20.3 Å². The summed E-state index contributed by atoms with van der Waals surface area (Å²) in [6.07, 6.45) is -1.69. The summed E-state index contributed by atoms with van der Waals surface area (Å²) in [7, 11) is 4.09. The molecule has 2 heterocycles. The van der Waals surface area contributed by atoms with Gasteiger partial charge in [-0.3, -0.25) is 9.63 Å². The lowest BCUT2D eigenvalue weighted by molar-refractivity contribution is -0.157. The lowest BCUT2D eigenvalue weighted by Crippen LogP contribution is -2.52. The Hall–Kier alpha value is -4.17. The third kappa shape index (κ3) is 3.29. The molecule has 0 saturated heterocycles. The van der Waals surface area contributed by atoms with Gasteiger partial charge in [0.1, 0.15) is 11.9 Å². The highest BCUT2D eigenvalue weighted by Gasteiger charge is 2.78. The molecular formula is C27H25N3O7. The predicted octanol–water partition coefficient (Wildman–Crippen LogP) is 1.90. The van der Waals surface area contributed by atoms with Gasteiger partial charge in [-0.1, -0.05) is 42.5 Å². The number of nitrogens with one attached hydrogen (secondary N) is 1. The number of ether oxygens (including phenoxy) is 3. The molecule has 1 aliphatic carbocycles. The van der Waals surface area contributed by atoms with E-state index in [1.165, 1.54) is 27.4 Å². The number of carbonyl (C=O) groups excluding carboxylic acids is 1. The molecule has 2 aromatic carbocycles. The first-order chi connectivity index (χ1) is 17.9. The average Bonchev–Trinajstić information content (AvgIpc) is 3.31. The van der Waals surface area contributed by atoms with E-state index in [1.807, 2.05) is 6.07 Å². The number of aliphatic hydroxyl groups is 2. The van der Waals surface area contributed by atoms with Crippen LogP contribution in [0.15, 0.2) is 60.7 Å². The molecule has 10 heteroatoms. The van der Waals surface area contributed by atoms with E-state index in [4.69, 9.17) is 19.0 Å². The number of fused-ring (bicyclic) bond motifs is 3. The lowest BCUT2D eigenvalue weighted by atomic mass is 9.70. The minimum absolute atomic E-state index is 0.0222. The molecule has 2 aliphatic rings. The van der Waals surface area contributed by atoms with Crippen molar-refractivity contribution in [2.24, 2.45) is 5.92 Å². The standard InChI is InChI=1S/C27H25N3O7/c1-34-19-13-18-22(25(29-19)35-2)26(33)23(31)20(24(32)30-36-3)21(16-7-5-4-6-8-16)27(26,37-18)17-11-9-15(14-28)10-12-17/h4-13,20-21,23,31,33H,1-3H3,(H,30,32). The van der Waals surface area contributed by atoms with Gasteiger partial charge >= 0.3 is 0 Å². The molecule has 1 aromatic heterocycles. The van der Waals surface area contributed by atoms with Gasteiger partial charge in [-0.15, -0.1) is 0 Å². The summed E-state index contributed by atoms with van der Waals surface area (Å²) in [6, 6.07) is 19.0. The maximum absolute atomic E-state index is 13.4. The Bertz CT molecular complexity index is 1380. The molecule has 0 radical (unpaired) electrons. The number of benzene rings is 2. The fourth-order valence-corrected chi connectivity index (χ4v) is 5.78. The summed E-state index contributed by atoms with van der Waals surface area (Å²) < 4.78 is 17.5. The van der Waals surface area contributed by atoms with Gasteiger partial charge in [0.25, 0.3) is 0 Å². The quantitative estimate of drug-likeness (QED) is 0.430. The summed E-state index contributed by atoms with van der Waals surface area (Å²) >= 11 is 0. The van der Waals surface area contributed by atoms with Crippen LogP contribution in [0.4, 0.5) is 0 Å². The van der Waals surface area contributed by atoms with Crippen LogP contribution in [0.2, 0.25) is 0 Å². The van der Waals surface area contributed by atoms with E-state index in [0.717, 1.165) is 0 Å². The number of nitrogens with zero attached hydrogens (tertiary/aromatic N) is 2. The Morgan fingerprint density at radius 3 is 2.41 bits per heavy atom. The van der Waals surface area contributed by atoms with Crippen LogP contribution in [0.5, 0.6) is 17.5 Å². The van der Waals surface area contributed by atoms with E-state index in [1.54, 1.807) is 48.5 Å². The van der Waals surface area contributed by atoms with E-state index >= 15 is 0 Å². The highest BCUT2D eigenvalue weighted by atomic mass is 16.6. The molecule has 0 bridgehead atoms. The van der Waals surface area contributed by atoms with E-state index in [2.05, 4.69) is 16.5 Å². The predicted molar refractivity (Wildman–Crippen MR) is 129 cm³/mol. The highest BCUT2D eigenvalue weighted by molar-refractivity contribution is 5.82. The van der Waals surface area contributed by atoms with Crippen molar-refractivity contribution in [3.63, 3.8) is 0 Å². The zero-order valence-electron chi connectivity index (χ0n) is 20.3. The van der Waals surface area contributed by atoms with Gasteiger partial charge in [0.05, 0.1) is 44.4 Å². The number of hydrogen-bond donors (Lipinski definition) is 3. The molecule has 3 aromatic rings. The first-order valence-corrected chi connectivity index (χ1v) is 11.5. The number of carbonyl (C=O) groups is 1. The fraction of sp³-hybridized carbons (Fsp3) is 0.296. The topological polar surface area (TPSA) is 143 Å². The van der Waals surface area contributed by atoms with Gasteiger partial charge in [-0.05, 0) is 23.3 Å². The van der Waals surface area contributed by atoms with Gasteiger partial charge in [-0.25, -0.2) is 5.48 Å². The maximum atomic E-state index is 13.4. The molecule has 10 nitrogen and oxygen atoms in total. The molecule has 190 valence electrons. The molecule has 1 fully saturated rings. The number of aromatic nitrogens is 1. The van der Waals surface area contributed by atoms with Gasteiger partial charge in [0, 0.05) is 12.0 Å². The Labute approximate surface area is 213 Å². The molecule has 5 atom stereocenters. The van der Waals surface area contributed by atoms with Crippen LogP contribution in [-0.2, 0) is 20.8 Å². The van der Waals surface area contributed by atoms with Crippen LogP contribution in [0.1, 0.15) is 28.2 Å². The third-order valence-electron chi connectivity index (χ3n) is 7.22. The number of nitriles is 1. The van der Waals surface area contributed by atoms with Crippen molar-refractivity contribution in [1.29, 1.82) is 5.26 Å². The Balaban J connectivity index is 1.88. The molecule has 1 amide bonds. The van der Waals surface area contributed by atoms with Crippen LogP contribution in [0.25, 0.3) is 0 Å². The smallest absolute Gasteiger partial charge is 0.250 e. The van der Waals surface area contributed by atoms with Crippen molar-refractivity contribution < 1.29 is 34.1 Å². The summed E-state index contributed by atoms with van der Waals surface area (Å²) in [6.45, 7) is 0. The second-order valence-corrected chi connectivity index (χ2v) is 8.87. The summed E-state index contributed by atoms with van der Waals surface area (Å²) in [5, 5.41) is 33.9. The van der Waals surface area contributed by atoms with Gasteiger partial charge in [-0.2, -0.15) is 10.2 Å². The molecule has 5 rings (SSSR count). The normalized spacial score (nSPS) is 27.4.